The van der Waals surface area contributed by atoms with E-state index in [0.717, 1.165) is 0 Å². The van der Waals surface area contributed by atoms with Gasteiger partial charge >= 0.3 is 0 Å². The van der Waals surface area contributed by atoms with E-state index in [1.807, 2.05) is 0 Å². The summed E-state index contributed by atoms with van der Waals surface area (Å²) in [7, 11) is 0.431. The van der Waals surface area contributed by atoms with Crippen LogP contribution < -0.4 is 0 Å². The minimum absolute atomic E-state index is 0.0706. The van der Waals surface area contributed by atoms with Crippen molar-refractivity contribution in [2.24, 2.45) is 0 Å². The van der Waals surface area contributed by atoms with E-state index >= 15 is 0 Å². The van der Waals surface area contributed by atoms with Crippen molar-refractivity contribution in [1.82, 2.24) is 0 Å². The molecule has 8 heavy (non-hydrogen) atoms. The predicted molar refractivity (Wildman–Crippen MR) is 45.4 cm³/mol. The summed E-state index contributed by atoms with van der Waals surface area (Å²) in [4.78, 5) is 0. The zero-order valence-electron chi connectivity index (χ0n) is 5.82. The van der Waals surface area contributed by atoms with Crippen molar-refractivity contribution < 1.29 is 0 Å². The van der Waals surface area contributed by atoms with Crippen LogP contribution in [0.4, 0.5) is 0 Å². The summed E-state index contributed by atoms with van der Waals surface area (Å²) in [6.45, 7) is 2.39. The van der Waals surface area contributed by atoms with Crippen LogP contribution in [0.2, 0.25) is 30.2 Å². The molecular formula is C6H16Si2. The fraction of sp³-hybridized carbons (Fsp3) is 1.00. The summed E-state index contributed by atoms with van der Waals surface area (Å²) in [5.41, 5.74) is 0. The molecule has 1 heterocycles. The molecule has 0 atom stereocenters. The standard InChI is InChI=1S/C6H16Si2/c1-2-8-5-3-7-4-6-8/h8H,2-7H2,1H3. The van der Waals surface area contributed by atoms with Crippen LogP contribution in [0.1, 0.15) is 6.92 Å². The Bertz CT molecular complexity index is 57.5. The first-order valence-electron chi connectivity index (χ1n) is 3.93. The van der Waals surface area contributed by atoms with Crippen LogP contribution in [0.5, 0.6) is 0 Å². The van der Waals surface area contributed by atoms with Gasteiger partial charge in [0, 0.05) is 18.3 Å². The third-order valence-corrected chi connectivity index (χ3v) is 9.36. The van der Waals surface area contributed by atoms with Gasteiger partial charge in [-0.05, 0) is 0 Å². The second-order valence-corrected chi connectivity index (χ2v) is 8.74. The lowest BCUT2D eigenvalue weighted by atomic mass is 10.9. The van der Waals surface area contributed by atoms with Gasteiger partial charge in [-0.1, -0.05) is 37.1 Å². The van der Waals surface area contributed by atoms with Crippen LogP contribution in [-0.2, 0) is 0 Å². The van der Waals surface area contributed by atoms with Crippen molar-refractivity contribution in [3.8, 4) is 0 Å². The van der Waals surface area contributed by atoms with E-state index in [0.29, 0.717) is 9.52 Å². The Morgan fingerprint density at radius 2 is 2.00 bits per heavy atom. The first-order valence-corrected chi connectivity index (χ1v) is 8.38. The zero-order chi connectivity index (χ0) is 5.82. The molecule has 0 nitrogen and oxygen atoms in total. The van der Waals surface area contributed by atoms with Gasteiger partial charge in [0.05, 0.1) is 0 Å². The Hall–Kier alpha value is 0.434. The van der Waals surface area contributed by atoms with Gasteiger partial charge in [0.2, 0.25) is 0 Å². The number of rotatable bonds is 1. The Kier molecular flexibility index (Phi) is 2.83. The number of hydrogen-bond donors (Lipinski definition) is 0. The average molecular weight is 144 g/mol. The van der Waals surface area contributed by atoms with E-state index in [9.17, 15) is 0 Å². The molecule has 0 aromatic carbocycles. The fourth-order valence-corrected chi connectivity index (χ4v) is 9.98. The lowest BCUT2D eigenvalue weighted by molar-refractivity contribution is 1.17. The summed E-state index contributed by atoms with van der Waals surface area (Å²) in [5.74, 6) is 0. The molecule has 0 aromatic heterocycles. The molecule has 0 aliphatic carbocycles. The lowest BCUT2D eigenvalue weighted by Gasteiger charge is -2.17. The molecule has 1 rings (SSSR count). The molecule has 0 saturated carbocycles. The largest absolute Gasteiger partial charge is 0.0680 e. The van der Waals surface area contributed by atoms with Crippen LogP contribution in [0.3, 0.4) is 0 Å². The van der Waals surface area contributed by atoms with E-state index in [2.05, 4.69) is 6.92 Å². The van der Waals surface area contributed by atoms with Gasteiger partial charge < -0.3 is 0 Å². The summed E-state index contributed by atoms with van der Waals surface area (Å²) >= 11 is 0. The van der Waals surface area contributed by atoms with Crippen LogP contribution in [-0.4, -0.2) is 18.3 Å². The molecule has 1 aliphatic rings. The van der Waals surface area contributed by atoms with Crippen molar-refractivity contribution in [1.29, 1.82) is 0 Å². The van der Waals surface area contributed by atoms with Crippen molar-refractivity contribution in [2.75, 3.05) is 0 Å². The highest BCUT2D eigenvalue weighted by atomic mass is 28.3. The van der Waals surface area contributed by atoms with Crippen molar-refractivity contribution >= 4 is 18.3 Å². The molecule has 0 radical (unpaired) electrons. The van der Waals surface area contributed by atoms with Gasteiger partial charge in [-0.15, -0.1) is 0 Å². The quantitative estimate of drug-likeness (QED) is 0.486. The van der Waals surface area contributed by atoms with E-state index < -0.39 is 0 Å². The maximum atomic E-state index is 2.39. The normalized spacial score (nSPS) is 33.4. The Labute approximate surface area is 56.1 Å². The lowest BCUT2D eigenvalue weighted by Crippen LogP contribution is -2.16. The highest BCUT2D eigenvalue weighted by Crippen LogP contribution is 2.16. The van der Waals surface area contributed by atoms with Gasteiger partial charge in [-0.2, -0.15) is 0 Å². The van der Waals surface area contributed by atoms with E-state index in [-0.39, 0.29) is 8.80 Å². The third-order valence-electron chi connectivity index (χ3n) is 2.30. The van der Waals surface area contributed by atoms with Crippen LogP contribution in [0.15, 0.2) is 0 Å². The van der Waals surface area contributed by atoms with E-state index in [4.69, 9.17) is 0 Å². The van der Waals surface area contributed by atoms with Gasteiger partial charge in [0.25, 0.3) is 0 Å². The molecule has 0 spiro atoms. The Morgan fingerprint density at radius 1 is 1.38 bits per heavy atom. The topological polar surface area (TPSA) is 0 Å². The molecule has 0 unspecified atom stereocenters. The monoisotopic (exact) mass is 144 g/mol. The van der Waals surface area contributed by atoms with Crippen molar-refractivity contribution in [3.63, 3.8) is 0 Å². The molecule has 48 valence electrons. The fourth-order valence-electron chi connectivity index (χ4n) is 1.60. The van der Waals surface area contributed by atoms with Crippen molar-refractivity contribution in [3.05, 3.63) is 0 Å². The van der Waals surface area contributed by atoms with Crippen molar-refractivity contribution in [2.45, 2.75) is 37.1 Å². The number of hydrogen-bond acceptors (Lipinski definition) is 0. The molecule has 0 bridgehead atoms. The maximum Gasteiger partial charge on any atom is 0.0359 e. The SMILES string of the molecule is CC[SiH]1CC[SiH2]CC1. The van der Waals surface area contributed by atoms with Crippen LogP contribution in [0, 0.1) is 0 Å². The molecule has 0 N–H and O–H groups in total. The molecule has 0 aromatic rings. The minimum Gasteiger partial charge on any atom is -0.0680 e. The highest BCUT2D eigenvalue weighted by Gasteiger charge is 2.11. The summed E-state index contributed by atoms with van der Waals surface area (Å²) in [5, 5.41) is 0. The maximum absolute atomic E-state index is 2.39. The van der Waals surface area contributed by atoms with E-state index in [1.165, 1.54) is 0 Å². The molecule has 0 amide bonds. The smallest absolute Gasteiger partial charge is 0.0359 e. The predicted octanol–water partition coefficient (Wildman–Crippen LogP) is 1.25. The average Bonchev–Trinajstić information content (AvgIpc) is 1.90. The molecule has 1 saturated heterocycles. The molecular weight excluding hydrogens is 128 g/mol. The molecule has 1 aliphatic heterocycles. The zero-order valence-corrected chi connectivity index (χ0v) is 8.39. The summed E-state index contributed by atoms with van der Waals surface area (Å²) in [6.07, 6.45) is 0. The highest BCUT2D eigenvalue weighted by molar-refractivity contribution is 6.63. The summed E-state index contributed by atoms with van der Waals surface area (Å²) < 4.78 is 0. The van der Waals surface area contributed by atoms with Gasteiger partial charge in [0.1, 0.15) is 0 Å². The Balaban J connectivity index is 2.13. The van der Waals surface area contributed by atoms with Crippen LogP contribution in [0.25, 0.3) is 0 Å². The van der Waals surface area contributed by atoms with Gasteiger partial charge in [-0.25, -0.2) is 0 Å². The Morgan fingerprint density at radius 3 is 2.38 bits per heavy atom. The van der Waals surface area contributed by atoms with E-state index in [1.54, 1.807) is 30.2 Å². The summed E-state index contributed by atoms with van der Waals surface area (Å²) in [6, 6.07) is 8.40. The van der Waals surface area contributed by atoms with Gasteiger partial charge in [0.15, 0.2) is 0 Å². The second kappa shape index (κ2) is 3.46. The minimum atomic E-state index is -0.0706. The first kappa shape index (κ1) is 6.55. The third kappa shape index (κ3) is 1.74. The first-order chi connectivity index (χ1) is 3.93. The molecule has 1 fully saturated rings. The second-order valence-electron chi connectivity index (χ2n) is 2.91. The van der Waals surface area contributed by atoms with Crippen LogP contribution >= 0.6 is 0 Å². The molecule has 2 heteroatoms. The van der Waals surface area contributed by atoms with Gasteiger partial charge in [-0.3, -0.25) is 0 Å².